The van der Waals surface area contributed by atoms with E-state index in [-0.39, 0.29) is 5.97 Å². The fourth-order valence-corrected chi connectivity index (χ4v) is 1.35. The highest BCUT2D eigenvalue weighted by Gasteiger charge is 2.14. The standard InChI is InChI=1S/C12H15ClO3/c1-3-15-12(14)9(2)16-8-10-6-4-5-7-11(10)13/h4-7,9H,3,8H2,1-2H3. The molecule has 0 spiro atoms. The maximum Gasteiger partial charge on any atom is 0.334 e. The first-order chi connectivity index (χ1) is 7.65. The van der Waals surface area contributed by atoms with E-state index in [0.29, 0.717) is 18.2 Å². The third kappa shape index (κ3) is 3.83. The van der Waals surface area contributed by atoms with Crippen molar-refractivity contribution < 1.29 is 14.3 Å². The van der Waals surface area contributed by atoms with E-state index in [2.05, 4.69) is 0 Å². The van der Waals surface area contributed by atoms with Gasteiger partial charge in [-0.2, -0.15) is 0 Å². The summed E-state index contributed by atoms with van der Waals surface area (Å²) in [6.45, 7) is 4.09. The number of rotatable bonds is 5. The molecular formula is C12H15ClO3. The van der Waals surface area contributed by atoms with Crippen LogP contribution in [0.1, 0.15) is 19.4 Å². The Bertz CT molecular complexity index is 352. The highest BCUT2D eigenvalue weighted by atomic mass is 35.5. The first-order valence-corrected chi connectivity index (χ1v) is 5.54. The van der Waals surface area contributed by atoms with Crippen molar-refractivity contribution in [1.29, 1.82) is 0 Å². The van der Waals surface area contributed by atoms with Gasteiger partial charge in [-0.25, -0.2) is 4.79 Å². The van der Waals surface area contributed by atoms with Crippen LogP contribution >= 0.6 is 11.6 Å². The topological polar surface area (TPSA) is 35.5 Å². The average molecular weight is 243 g/mol. The van der Waals surface area contributed by atoms with Crippen LogP contribution in [0.4, 0.5) is 0 Å². The SMILES string of the molecule is CCOC(=O)C(C)OCc1ccccc1Cl. The van der Waals surface area contributed by atoms with Gasteiger partial charge in [-0.15, -0.1) is 0 Å². The van der Waals surface area contributed by atoms with E-state index in [4.69, 9.17) is 21.1 Å². The molecule has 88 valence electrons. The first-order valence-electron chi connectivity index (χ1n) is 5.16. The van der Waals surface area contributed by atoms with Crippen LogP contribution in [0.5, 0.6) is 0 Å². The lowest BCUT2D eigenvalue weighted by Crippen LogP contribution is -2.23. The molecule has 4 heteroatoms. The van der Waals surface area contributed by atoms with Crippen LogP contribution in [0.15, 0.2) is 24.3 Å². The van der Waals surface area contributed by atoms with Crippen molar-refractivity contribution in [2.45, 2.75) is 26.6 Å². The van der Waals surface area contributed by atoms with Gasteiger partial charge in [-0.05, 0) is 25.5 Å². The lowest BCUT2D eigenvalue weighted by Gasteiger charge is -2.12. The van der Waals surface area contributed by atoms with E-state index in [1.807, 2.05) is 18.2 Å². The second kappa shape index (κ2) is 6.51. The number of benzene rings is 1. The predicted molar refractivity (Wildman–Crippen MR) is 62.3 cm³/mol. The molecule has 1 rings (SSSR count). The molecule has 3 nitrogen and oxygen atoms in total. The van der Waals surface area contributed by atoms with Gasteiger partial charge in [0.05, 0.1) is 13.2 Å². The largest absolute Gasteiger partial charge is 0.464 e. The van der Waals surface area contributed by atoms with Crippen LogP contribution in [0.2, 0.25) is 5.02 Å². The Balaban J connectivity index is 2.46. The summed E-state index contributed by atoms with van der Waals surface area (Å²) in [6.07, 6.45) is -0.573. The quantitative estimate of drug-likeness (QED) is 0.745. The maximum atomic E-state index is 11.3. The molecule has 1 aromatic carbocycles. The molecular weight excluding hydrogens is 228 g/mol. The van der Waals surface area contributed by atoms with Crippen molar-refractivity contribution in [3.8, 4) is 0 Å². The zero-order valence-corrected chi connectivity index (χ0v) is 10.2. The van der Waals surface area contributed by atoms with Crippen LogP contribution in [0.3, 0.4) is 0 Å². The molecule has 0 amide bonds. The molecule has 0 heterocycles. The smallest absolute Gasteiger partial charge is 0.334 e. The van der Waals surface area contributed by atoms with E-state index in [9.17, 15) is 4.79 Å². The van der Waals surface area contributed by atoms with E-state index in [1.165, 1.54) is 0 Å². The Morgan fingerprint density at radius 1 is 1.44 bits per heavy atom. The highest BCUT2D eigenvalue weighted by Crippen LogP contribution is 2.16. The molecule has 0 saturated heterocycles. The molecule has 0 aliphatic carbocycles. The number of halogens is 1. The number of hydrogen-bond acceptors (Lipinski definition) is 3. The molecule has 0 saturated carbocycles. The zero-order chi connectivity index (χ0) is 12.0. The number of hydrogen-bond donors (Lipinski definition) is 0. The molecule has 0 N–H and O–H groups in total. The van der Waals surface area contributed by atoms with Gasteiger partial charge in [0.15, 0.2) is 6.10 Å². The number of ether oxygens (including phenoxy) is 2. The Kier molecular flexibility index (Phi) is 5.29. The minimum absolute atomic E-state index is 0.305. The third-order valence-corrected chi connectivity index (χ3v) is 2.43. The summed E-state index contributed by atoms with van der Waals surface area (Å²) in [5, 5.41) is 0.638. The Hall–Kier alpha value is -1.06. The fraction of sp³-hybridized carbons (Fsp3) is 0.417. The summed E-state index contributed by atoms with van der Waals surface area (Å²) in [4.78, 5) is 11.3. The predicted octanol–water partition coefficient (Wildman–Crippen LogP) is 2.81. The molecule has 1 atom stereocenters. The molecule has 0 aliphatic heterocycles. The summed E-state index contributed by atoms with van der Waals surface area (Å²) in [5.74, 6) is -0.352. The van der Waals surface area contributed by atoms with Crippen molar-refractivity contribution in [3.05, 3.63) is 34.9 Å². The van der Waals surface area contributed by atoms with Crippen LogP contribution in [0.25, 0.3) is 0 Å². The second-order valence-electron chi connectivity index (χ2n) is 3.30. The van der Waals surface area contributed by atoms with E-state index < -0.39 is 6.10 Å². The summed E-state index contributed by atoms with van der Waals surface area (Å²) in [6, 6.07) is 7.37. The van der Waals surface area contributed by atoms with Crippen LogP contribution in [-0.4, -0.2) is 18.7 Å². The van der Waals surface area contributed by atoms with Crippen molar-refractivity contribution in [3.63, 3.8) is 0 Å². The maximum absolute atomic E-state index is 11.3. The van der Waals surface area contributed by atoms with Gasteiger partial charge in [0, 0.05) is 5.02 Å². The normalized spacial score (nSPS) is 12.2. The molecule has 0 aromatic heterocycles. The lowest BCUT2D eigenvalue weighted by atomic mass is 10.2. The summed E-state index contributed by atoms with van der Waals surface area (Å²) < 4.78 is 10.2. The monoisotopic (exact) mass is 242 g/mol. The van der Waals surface area contributed by atoms with E-state index >= 15 is 0 Å². The molecule has 0 fully saturated rings. The first kappa shape index (κ1) is 13.0. The van der Waals surface area contributed by atoms with E-state index in [1.54, 1.807) is 19.9 Å². The zero-order valence-electron chi connectivity index (χ0n) is 9.40. The molecule has 1 unspecified atom stereocenters. The molecule has 0 aliphatic rings. The van der Waals surface area contributed by atoms with Gasteiger partial charge in [-0.1, -0.05) is 29.8 Å². The summed E-state index contributed by atoms with van der Waals surface area (Å²) in [5.41, 5.74) is 0.861. The Morgan fingerprint density at radius 2 is 2.12 bits per heavy atom. The number of carbonyl (C=O) groups excluding carboxylic acids is 1. The van der Waals surface area contributed by atoms with E-state index in [0.717, 1.165) is 5.56 Å². The van der Waals surface area contributed by atoms with Gasteiger partial charge in [0.2, 0.25) is 0 Å². The lowest BCUT2D eigenvalue weighted by molar-refractivity contribution is -0.156. The Morgan fingerprint density at radius 3 is 2.75 bits per heavy atom. The van der Waals surface area contributed by atoms with Gasteiger partial charge < -0.3 is 9.47 Å². The van der Waals surface area contributed by atoms with Crippen molar-refractivity contribution in [2.24, 2.45) is 0 Å². The van der Waals surface area contributed by atoms with Crippen molar-refractivity contribution >= 4 is 17.6 Å². The highest BCUT2D eigenvalue weighted by molar-refractivity contribution is 6.31. The van der Waals surface area contributed by atoms with Crippen LogP contribution in [0, 0.1) is 0 Å². The van der Waals surface area contributed by atoms with Crippen molar-refractivity contribution in [1.82, 2.24) is 0 Å². The summed E-state index contributed by atoms with van der Waals surface area (Å²) in [7, 11) is 0. The van der Waals surface area contributed by atoms with Crippen LogP contribution < -0.4 is 0 Å². The third-order valence-electron chi connectivity index (χ3n) is 2.07. The fourth-order valence-electron chi connectivity index (χ4n) is 1.16. The molecule has 0 radical (unpaired) electrons. The second-order valence-corrected chi connectivity index (χ2v) is 3.70. The number of carbonyl (C=O) groups is 1. The van der Waals surface area contributed by atoms with Gasteiger partial charge in [0.1, 0.15) is 0 Å². The van der Waals surface area contributed by atoms with Gasteiger partial charge in [-0.3, -0.25) is 0 Å². The van der Waals surface area contributed by atoms with Crippen molar-refractivity contribution in [2.75, 3.05) is 6.61 Å². The average Bonchev–Trinajstić information content (AvgIpc) is 2.28. The molecule has 0 bridgehead atoms. The van der Waals surface area contributed by atoms with Gasteiger partial charge in [0.25, 0.3) is 0 Å². The molecule has 1 aromatic rings. The summed E-state index contributed by atoms with van der Waals surface area (Å²) >= 11 is 5.95. The number of esters is 1. The molecule has 16 heavy (non-hydrogen) atoms. The van der Waals surface area contributed by atoms with Crippen LogP contribution in [-0.2, 0) is 20.9 Å². The minimum Gasteiger partial charge on any atom is -0.464 e. The Labute approximate surface area is 100 Å². The van der Waals surface area contributed by atoms with Gasteiger partial charge >= 0.3 is 5.97 Å². The minimum atomic E-state index is -0.573.